The number of aromatic nitrogens is 1. The standard InChI is InChI=1S/C9H12N2O2/c1-7(13)11-9(6-12)8-2-4-10-5-3-8/h2-5,9,12H,6H2,1H3,(H,11,13)/t9-/m1/s1. The van der Waals surface area contributed by atoms with E-state index in [0.29, 0.717) is 0 Å². The van der Waals surface area contributed by atoms with Gasteiger partial charge < -0.3 is 10.4 Å². The zero-order valence-corrected chi connectivity index (χ0v) is 7.40. The molecule has 1 aromatic rings. The van der Waals surface area contributed by atoms with E-state index in [1.165, 1.54) is 6.92 Å². The van der Waals surface area contributed by atoms with Gasteiger partial charge in [-0.15, -0.1) is 0 Å². The summed E-state index contributed by atoms with van der Waals surface area (Å²) in [5.74, 6) is -0.157. The molecule has 0 aliphatic carbocycles. The molecule has 1 heterocycles. The average Bonchev–Trinajstić information content (AvgIpc) is 2.15. The van der Waals surface area contributed by atoms with E-state index in [2.05, 4.69) is 10.3 Å². The average molecular weight is 180 g/mol. The van der Waals surface area contributed by atoms with Crippen molar-refractivity contribution in [3.05, 3.63) is 30.1 Å². The second kappa shape index (κ2) is 4.57. The second-order valence-electron chi connectivity index (χ2n) is 2.72. The molecule has 4 nitrogen and oxygen atoms in total. The molecule has 1 aromatic heterocycles. The highest BCUT2D eigenvalue weighted by Gasteiger charge is 2.09. The Kier molecular flexibility index (Phi) is 3.40. The lowest BCUT2D eigenvalue weighted by Gasteiger charge is -2.14. The summed E-state index contributed by atoms with van der Waals surface area (Å²) in [5.41, 5.74) is 0.854. The van der Waals surface area contributed by atoms with Gasteiger partial charge in [0.1, 0.15) is 0 Å². The number of aliphatic hydroxyl groups is 1. The van der Waals surface area contributed by atoms with Gasteiger partial charge in [-0.3, -0.25) is 9.78 Å². The molecule has 0 spiro atoms. The third-order valence-electron chi connectivity index (χ3n) is 1.67. The number of nitrogens with one attached hydrogen (secondary N) is 1. The molecule has 1 atom stereocenters. The van der Waals surface area contributed by atoms with E-state index >= 15 is 0 Å². The van der Waals surface area contributed by atoms with Crippen molar-refractivity contribution in [2.24, 2.45) is 0 Å². The van der Waals surface area contributed by atoms with E-state index in [1.807, 2.05) is 0 Å². The molecule has 13 heavy (non-hydrogen) atoms. The summed E-state index contributed by atoms with van der Waals surface area (Å²) in [5, 5.41) is 11.6. The van der Waals surface area contributed by atoms with Crippen molar-refractivity contribution in [2.75, 3.05) is 6.61 Å². The Balaban J connectivity index is 2.73. The summed E-state index contributed by atoms with van der Waals surface area (Å²) < 4.78 is 0. The number of carbonyl (C=O) groups excluding carboxylic acids is 1. The van der Waals surface area contributed by atoms with Crippen LogP contribution in [-0.4, -0.2) is 22.6 Å². The van der Waals surface area contributed by atoms with Gasteiger partial charge in [0.25, 0.3) is 0 Å². The van der Waals surface area contributed by atoms with Crippen molar-refractivity contribution >= 4 is 5.91 Å². The monoisotopic (exact) mass is 180 g/mol. The molecule has 1 rings (SSSR count). The summed E-state index contributed by atoms with van der Waals surface area (Å²) in [4.78, 5) is 14.6. The maximum Gasteiger partial charge on any atom is 0.217 e. The van der Waals surface area contributed by atoms with Crippen LogP contribution in [0.3, 0.4) is 0 Å². The third kappa shape index (κ3) is 2.83. The third-order valence-corrected chi connectivity index (χ3v) is 1.67. The topological polar surface area (TPSA) is 62.2 Å². The van der Waals surface area contributed by atoms with Crippen molar-refractivity contribution in [2.45, 2.75) is 13.0 Å². The molecular formula is C9H12N2O2. The lowest BCUT2D eigenvalue weighted by Crippen LogP contribution is -2.28. The van der Waals surface area contributed by atoms with Gasteiger partial charge in [0.2, 0.25) is 5.91 Å². The molecule has 0 fully saturated rings. The fourth-order valence-corrected chi connectivity index (χ4v) is 1.08. The molecule has 0 aromatic carbocycles. The molecule has 0 radical (unpaired) electrons. The predicted octanol–water partition coefficient (Wildman–Crippen LogP) is 0.251. The van der Waals surface area contributed by atoms with Gasteiger partial charge in [-0.25, -0.2) is 0 Å². The number of amides is 1. The van der Waals surface area contributed by atoms with E-state index < -0.39 is 0 Å². The molecule has 0 saturated carbocycles. The first kappa shape index (κ1) is 9.67. The Labute approximate surface area is 76.6 Å². The summed E-state index contributed by atoms with van der Waals surface area (Å²) in [6.07, 6.45) is 3.25. The van der Waals surface area contributed by atoms with Crippen LogP contribution in [0.2, 0.25) is 0 Å². The Morgan fingerprint density at radius 3 is 2.69 bits per heavy atom. The van der Waals surface area contributed by atoms with Crippen LogP contribution in [0.5, 0.6) is 0 Å². The Morgan fingerprint density at radius 2 is 2.23 bits per heavy atom. The molecule has 0 bridgehead atoms. The van der Waals surface area contributed by atoms with Gasteiger partial charge in [0.05, 0.1) is 12.6 Å². The predicted molar refractivity (Wildman–Crippen MR) is 47.9 cm³/mol. The Morgan fingerprint density at radius 1 is 1.62 bits per heavy atom. The summed E-state index contributed by atoms with van der Waals surface area (Å²) in [6, 6.07) is 3.19. The number of carbonyl (C=O) groups is 1. The molecule has 0 saturated heterocycles. The molecular weight excluding hydrogens is 168 g/mol. The van der Waals surface area contributed by atoms with E-state index in [9.17, 15) is 4.79 Å². The van der Waals surface area contributed by atoms with Crippen LogP contribution >= 0.6 is 0 Å². The molecule has 0 aliphatic rings. The number of rotatable bonds is 3. The zero-order chi connectivity index (χ0) is 9.68. The Bertz CT molecular complexity index is 274. The number of hydrogen-bond donors (Lipinski definition) is 2. The number of hydrogen-bond acceptors (Lipinski definition) is 3. The van der Waals surface area contributed by atoms with Crippen molar-refractivity contribution in [3.63, 3.8) is 0 Å². The van der Waals surface area contributed by atoms with Crippen LogP contribution < -0.4 is 5.32 Å². The summed E-state index contributed by atoms with van der Waals surface area (Å²) >= 11 is 0. The van der Waals surface area contributed by atoms with Gasteiger partial charge in [0.15, 0.2) is 0 Å². The fourth-order valence-electron chi connectivity index (χ4n) is 1.08. The normalized spacial score (nSPS) is 12.2. The van der Waals surface area contributed by atoms with Gasteiger partial charge in [-0.05, 0) is 17.7 Å². The molecule has 0 aliphatic heterocycles. The van der Waals surface area contributed by atoms with Crippen LogP contribution in [0.4, 0.5) is 0 Å². The smallest absolute Gasteiger partial charge is 0.217 e. The lowest BCUT2D eigenvalue weighted by atomic mass is 10.1. The second-order valence-corrected chi connectivity index (χ2v) is 2.72. The van der Waals surface area contributed by atoms with E-state index in [1.54, 1.807) is 24.5 Å². The number of pyridine rings is 1. The SMILES string of the molecule is CC(=O)N[C@H](CO)c1ccncc1. The summed E-state index contributed by atoms with van der Waals surface area (Å²) in [7, 11) is 0. The lowest BCUT2D eigenvalue weighted by molar-refractivity contribution is -0.120. The minimum absolute atomic E-state index is 0.108. The first-order valence-electron chi connectivity index (χ1n) is 4.02. The van der Waals surface area contributed by atoms with Crippen molar-refractivity contribution in [1.82, 2.24) is 10.3 Å². The molecule has 0 unspecified atom stereocenters. The largest absolute Gasteiger partial charge is 0.394 e. The number of aliphatic hydroxyl groups excluding tert-OH is 1. The molecule has 1 amide bonds. The molecule has 70 valence electrons. The summed E-state index contributed by atoms with van der Waals surface area (Å²) in [6.45, 7) is 1.31. The molecule has 4 heteroatoms. The first-order chi connectivity index (χ1) is 6.24. The fraction of sp³-hybridized carbons (Fsp3) is 0.333. The van der Waals surface area contributed by atoms with Crippen molar-refractivity contribution in [1.29, 1.82) is 0 Å². The van der Waals surface area contributed by atoms with E-state index in [4.69, 9.17) is 5.11 Å². The van der Waals surface area contributed by atoms with Gasteiger partial charge in [-0.1, -0.05) is 0 Å². The van der Waals surface area contributed by atoms with Crippen LogP contribution in [0, 0.1) is 0 Å². The minimum Gasteiger partial charge on any atom is -0.394 e. The quantitative estimate of drug-likeness (QED) is 0.701. The van der Waals surface area contributed by atoms with Crippen molar-refractivity contribution < 1.29 is 9.90 Å². The van der Waals surface area contributed by atoms with Crippen molar-refractivity contribution in [3.8, 4) is 0 Å². The Hall–Kier alpha value is -1.42. The molecule has 2 N–H and O–H groups in total. The maximum atomic E-state index is 10.7. The number of nitrogens with zero attached hydrogens (tertiary/aromatic N) is 1. The highest BCUT2D eigenvalue weighted by molar-refractivity contribution is 5.73. The van der Waals surface area contributed by atoms with E-state index in [0.717, 1.165) is 5.56 Å². The van der Waals surface area contributed by atoms with Crippen LogP contribution in [-0.2, 0) is 4.79 Å². The van der Waals surface area contributed by atoms with Crippen LogP contribution in [0.1, 0.15) is 18.5 Å². The van der Waals surface area contributed by atoms with Gasteiger partial charge >= 0.3 is 0 Å². The highest BCUT2D eigenvalue weighted by atomic mass is 16.3. The zero-order valence-electron chi connectivity index (χ0n) is 7.40. The maximum absolute atomic E-state index is 10.7. The van der Waals surface area contributed by atoms with Gasteiger partial charge in [0, 0.05) is 19.3 Å². The van der Waals surface area contributed by atoms with Crippen LogP contribution in [0.15, 0.2) is 24.5 Å². The highest BCUT2D eigenvalue weighted by Crippen LogP contribution is 2.09. The van der Waals surface area contributed by atoms with Gasteiger partial charge in [-0.2, -0.15) is 0 Å². The first-order valence-corrected chi connectivity index (χ1v) is 4.02. The van der Waals surface area contributed by atoms with E-state index in [-0.39, 0.29) is 18.6 Å². The minimum atomic E-state index is -0.333. The van der Waals surface area contributed by atoms with Crippen LogP contribution in [0.25, 0.3) is 0 Å².